The van der Waals surface area contributed by atoms with Crippen molar-refractivity contribution in [2.24, 2.45) is 0 Å². The number of rotatable bonds is 4. The van der Waals surface area contributed by atoms with Crippen LogP contribution in [0, 0.1) is 6.92 Å². The van der Waals surface area contributed by atoms with E-state index in [0.29, 0.717) is 6.04 Å². The van der Waals surface area contributed by atoms with E-state index in [-0.39, 0.29) is 0 Å². The Morgan fingerprint density at radius 2 is 2.00 bits per heavy atom. The molecule has 1 N–H and O–H groups in total. The lowest BCUT2D eigenvalue weighted by Gasteiger charge is -2.06. The lowest BCUT2D eigenvalue weighted by atomic mass is 10.2. The largest absolute Gasteiger partial charge is 0.378 e. The van der Waals surface area contributed by atoms with Crippen molar-refractivity contribution in [3.05, 3.63) is 44.6 Å². The maximum atomic E-state index is 4.49. The summed E-state index contributed by atoms with van der Waals surface area (Å²) in [7, 11) is 0. The van der Waals surface area contributed by atoms with Gasteiger partial charge in [0.15, 0.2) is 0 Å². The van der Waals surface area contributed by atoms with Crippen LogP contribution in [0.15, 0.2) is 33.3 Å². The molecule has 0 aliphatic heterocycles. The maximum Gasteiger partial charge on any atom is 0.0825 e. The standard InChI is InChI=1S/C14H17Br2N3/c1-9(2)19-8-14(10(3)18-19)17-7-11-4-5-12(15)13(16)6-11/h4-6,8-9,17H,7H2,1-3H3. The van der Waals surface area contributed by atoms with Crippen LogP contribution in [-0.4, -0.2) is 9.78 Å². The van der Waals surface area contributed by atoms with E-state index in [1.165, 1.54) is 5.56 Å². The van der Waals surface area contributed by atoms with Gasteiger partial charge in [-0.1, -0.05) is 6.07 Å². The molecule has 2 rings (SSSR count). The van der Waals surface area contributed by atoms with Gasteiger partial charge in [0.25, 0.3) is 0 Å². The zero-order valence-corrected chi connectivity index (χ0v) is 14.4. The smallest absolute Gasteiger partial charge is 0.0825 e. The summed E-state index contributed by atoms with van der Waals surface area (Å²) in [5, 5.41) is 7.92. The molecule has 2 aromatic rings. The fourth-order valence-electron chi connectivity index (χ4n) is 1.77. The van der Waals surface area contributed by atoms with E-state index < -0.39 is 0 Å². The first kappa shape index (κ1) is 14.6. The van der Waals surface area contributed by atoms with E-state index in [9.17, 15) is 0 Å². The van der Waals surface area contributed by atoms with Gasteiger partial charge in [0.1, 0.15) is 0 Å². The lowest BCUT2D eigenvalue weighted by molar-refractivity contribution is 0.529. The van der Waals surface area contributed by atoms with Crippen LogP contribution in [0.3, 0.4) is 0 Å². The van der Waals surface area contributed by atoms with Crippen molar-refractivity contribution in [2.75, 3.05) is 5.32 Å². The van der Waals surface area contributed by atoms with Gasteiger partial charge in [0.05, 0.1) is 11.4 Å². The number of anilines is 1. The minimum atomic E-state index is 0.385. The summed E-state index contributed by atoms with van der Waals surface area (Å²) >= 11 is 6.99. The molecule has 1 heterocycles. The van der Waals surface area contributed by atoms with E-state index in [0.717, 1.165) is 26.9 Å². The molecule has 1 aromatic heterocycles. The zero-order chi connectivity index (χ0) is 14.0. The van der Waals surface area contributed by atoms with Crippen LogP contribution in [0.1, 0.15) is 31.1 Å². The molecule has 0 amide bonds. The minimum Gasteiger partial charge on any atom is -0.378 e. The zero-order valence-electron chi connectivity index (χ0n) is 11.2. The lowest BCUT2D eigenvalue weighted by Crippen LogP contribution is -2.01. The third-order valence-corrected chi connectivity index (χ3v) is 4.79. The summed E-state index contributed by atoms with van der Waals surface area (Å²) in [5.74, 6) is 0. The molecule has 0 saturated heterocycles. The molecular weight excluding hydrogens is 370 g/mol. The Morgan fingerprint density at radius 3 is 2.58 bits per heavy atom. The summed E-state index contributed by atoms with van der Waals surface area (Å²) in [5.41, 5.74) is 3.35. The van der Waals surface area contributed by atoms with Gasteiger partial charge in [-0.15, -0.1) is 0 Å². The molecule has 0 unspecified atom stereocenters. The van der Waals surface area contributed by atoms with Gasteiger partial charge in [-0.2, -0.15) is 5.10 Å². The highest BCUT2D eigenvalue weighted by Crippen LogP contribution is 2.24. The molecule has 0 spiro atoms. The molecular formula is C14H17Br2N3. The predicted molar refractivity (Wildman–Crippen MR) is 86.5 cm³/mol. The van der Waals surface area contributed by atoms with Crippen molar-refractivity contribution >= 4 is 37.5 Å². The molecule has 102 valence electrons. The van der Waals surface area contributed by atoms with Gasteiger partial charge in [0, 0.05) is 27.7 Å². The first-order valence-corrected chi connectivity index (χ1v) is 7.79. The molecule has 1 aromatic carbocycles. The van der Waals surface area contributed by atoms with Gasteiger partial charge < -0.3 is 5.32 Å². The number of aromatic nitrogens is 2. The fourth-order valence-corrected chi connectivity index (χ4v) is 2.44. The molecule has 3 nitrogen and oxygen atoms in total. The molecule has 0 saturated carbocycles. The number of aryl methyl sites for hydroxylation is 1. The Kier molecular flexibility index (Phi) is 4.68. The monoisotopic (exact) mass is 385 g/mol. The summed E-state index contributed by atoms with van der Waals surface area (Å²) in [4.78, 5) is 0. The minimum absolute atomic E-state index is 0.385. The Hall–Kier alpha value is -0.810. The van der Waals surface area contributed by atoms with Crippen molar-refractivity contribution in [3.63, 3.8) is 0 Å². The second-order valence-electron chi connectivity index (χ2n) is 4.80. The Morgan fingerprint density at radius 1 is 1.26 bits per heavy atom. The Balaban J connectivity index is 2.07. The van der Waals surface area contributed by atoms with Crippen molar-refractivity contribution in [1.82, 2.24) is 9.78 Å². The highest BCUT2D eigenvalue weighted by Gasteiger charge is 2.07. The summed E-state index contributed by atoms with van der Waals surface area (Å²) in [6.07, 6.45) is 2.06. The fraction of sp³-hybridized carbons (Fsp3) is 0.357. The molecule has 19 heavy (non-hydrogen) atoms. The normalized spacial score (nSPS) is 11.1. The van der Waals surface area contributed by atoms with Gasteiger partial charge in [0.2, 0.25) is 0 Å². The molecule has 0 atom stereocenters. The van der Waals surface area contributed by atoms with Gasteiger partial charge in [-0.05, 0) is 70.3 Å². The van der Waals surface area contributed by atoms with Crippen molar-refractivity contribution in [3.8, 4) is 0 Å². The highest BCUT2D eigenvalue weighted by atomic mass is 79.9. The molecule has 0 radical (unpaired) electrons. The first-order chi connectivity index (χ1) is 8.97. The number of hydrogen-bond acceptors (Lipinski definition) is 2. The highest BCUT2D eigenvalue weighted by molar-refractivity contribution is 9.13. The van der Waals surface area contributed by atoms with Crippen LogP contribution < -0.4 is 5.32 Å². The first-order valence-electron chi connectivity index (χ1n) is 6.21. The number of benzene rings is 1. The predicted octanol–water partition coefficient (Wildman–Crippen LogP) is 4.91. The quantitative estimate of drug-likeness (QED) is 0.808. The van der Waals surface area contributed by atoms with E-state index >= 15 is 0 Å². The molecule has 0 aliphatic carbocycles. The Labute approximate surface area is 130 Å². The van der Waals surface area contributed by atoms with Crippen LogP contribution in [0.4, 0.5) is 5.69 Å². The number of halogens is 2. The van der Waals surface area contributed by atoms with Crippen LogP contribution in [0.2, 0.25) is 0 Å². The van der Waals surface area contributed by atoms with Gasteiger partial charge in [-0.25, -0.2) is 0 Å². The molecule has 5 heteroatoms. The van der Waals surface area contributed by atoms with Crippen molar-refractivity contribution in [1.29, 1.82) is 0 Å². The van der Waals surface area contributed by atoms with Gasteiger partial charge in [-0.3, -0.25) is 4.68 Å². The van der Waals surface area contributed by atoms with Crippen molar-refractivity contribution < 1.29 is 0 Å². The molecule has 0 fully saturated rings. The molecule has 0 bridgehead atoms. The average molecular weight is 387 g/mol. The SMILES string of the molecule is Cc1nn(C(C)C)cc1NCc1ccc(Br)c(Br)c1. The Bertz CT molecular complexity index is 576. The van der Waals surface area contributed by atoms with E-state index in [1.807, 2.05) is 17.7 Å². The summed E-state index contributed by atoms with van der Waals surface area (Å²) in [6.45, 7) is 7.07. The van der Waals surface area contributed by atoms with E-state index in [2.05, 4.69) is 74.5 Å². The van der Waals surface area contributed by atoms with Crippen molar-refractivity contribution in [2.45, 2.75) is 33.4 Å². The number of hydrogen-bond donors (Lipinski definition) is 1. The number of nitrogens with one attached hydrogen (secondary N) is 1. The van der Waals surface area contributed by atoms with Crippen LogP contribution >= 0.6 is 31.9 Å². The summed E-state index contributed by atoms with van der Waals surface area (Å²) in [6, 6.07) is 6.64. The van der Waals surface area contributed by atoms with Gasteiger partial charge >= 0.3 is 0 Å². The second-order valence-corrected chi connectivity index (χ2v) is 6.51. The third-order valence-electron chi connectivity index (χ3n) is 2.91. The van der Waals surface area contributed by atoms with Crippen LogP contribution in [-0.2, 0) is 6.54 Å². The third kappa shape index (κ3) is 3.60. The average Bonchev–Trinajstić information content (AvgIpc) is 2.73. The van der Waals surface area contributed by atoms with E-state index in [1.54, 1.807) is 0 Å². The maximum absolute atomic E-state index is 4.49. The van der Waals surface area contributed by atoms with E-state index in [4.69, 9.17) is 0 Å². The summed E-state index contributed by atoms with van der Waals surface area (Å²) < 4.78 is 4.12. The number of nitrogens with zero attached hydrogens (tertiary/aromatic N) is 2. The topological polar surface area (TPSA) is 29.9 Å². The van der Waals surface area contributed by atoms with Crippen LogP contribution in [0.5, 0.6) is 0 Å². The van der Waals surface area contributed by atoms with Crippen LogP contribution in [0.25, 0.3) is 0 Å². The second kappa shape index (κ2) is 6.09. The molecule has 0 aliphatic rings.